The number of H-pyrrole nitrogens is 1. The van der Waals surface area contributed by atoms with E-state index in [9.17, 15) is 9.18 Å². The van der Waals surface area contributed by atoms with E-state index in [0.717, 1.165) is 5.56 Å². The van der Waals surface area contributed by atoms with Gasteiger partial charge < -0.3 is 5.32 Å². The number of pyridine rings is 1. The van der Waals surface area contributed by atoms with Crippen LogP contribution in [0.2, 0.25) is 0 Å². The molecule has 3 heterocycles. The second-order valence-electron chi connectivity index (χ2n) is 5.71. The van der Waals surface area contributed by atoms with Gasteiger partial charge in [-0.05, 0) is 35.9 Å². The molecule has 0 saturated heterocycles. The Kier molecular flexibility index (Phi) is 4.40. The number of nitrogens with one attached hydrogen (secondary N) is 2. The predicted octanol–water partition coefficient (Wildman–Crippen LogP) is 2.12. The van der Waals surface area contributed by atoms with Gasteiger partial charge in [-0.2, -0.15) is 10.2 Å². The van der Waals surface area contributed by atoms with Crippen LogP contribution in [-0.4, -0.2) is 35.9 Å². The average molecular weight is 363 g/mol. The first-order valence-electron chi connectivity index (χ1n) is 8.08. The molecule has 0 atom stereocenters. The minimum atomic E-state index is -0.342. The number of amides is 1. The first kappa shape index (κ1) is 16.6. The van der Waals surface area contributed by atoms with Gasteiger partial charge in [0, 0.05) is 18.3 Å². The molecule has 4 aromatic rings. The highest BCUT2D eigenvalue weighted by atomic mass is 19.1. The van der Waals surface area contributed by atoms with Crippen molar-refractivity contribution in [1.82, 2.24) is 35.3 Å². The molecule has 9 heteroatoms. The van der Waals surface area contributed by atoms with Gasteiger partial charge in [0.2, 0.25) is 0 Å². The lowest BCUT2D eigenvalue weighted by Gasteiger charge is -2.07. The Morgan fingerprint density at radius 2 is 2.00 bits per heavy atom. The molecule has 0 aliphatic carbocycles. The zero-order valence-electron chi connectivity index (χ0n) is 14.0. The van der Waals surface area contributed by atoms with Crippen LogP contribution < -0.4 is 5.32 Å². The van der Waals surface area contributed by atoms with Gasteiger partial charge >= 0.3 is 0 Å². The van der Waals surface area contributed by atoms with E-state index < -0.39 is 0 Å². The Morgan fingerprint density at radius 1 is 1.15 bits per heavy atom. The SMILES string of the molecule is O=C(NCc1ccc(-n2cncn2)nc1)c1cn[nH]c1-c1ccc(F)cc1. The van der Waals surface area contributed by atoms with Crippen LogP contribution in [-0.2, 0) is 6.54 Å². The molecule has 134 valence electrons. The van der Waals surface area contributed by atoms with Crippen LogP contribution in [0.1, 0.15) is 15.9 Å². The van der Waals surface area contributed by atoms with Crippen LogP contribution >= 0.6 is 0 Å². The molecule has 4 rings (SSSR count). The van der Waals surface area contributed by atoms with Crippen molar-refractivity contribution in [3.05, 3.63) is 78.4 Å². The minimum Gasteiger partial charge on any atom is -0.348 e. The third-order valence-corrected chi connectivity index (χ3v) is 3.93. The zero-order chi connectivity index (χ0) is 18.6. The van der Waals surface area contributed by atoms with Crippen molar-refractivity contribution in [2.75, 3.05) is 0 Å². The molecule has 1 aromatic carbocycles. The zero-order valence-corrected chi connectivity index (χ0v) is 14.0. The molecule has 0 radical (unpaired) electrons. The fraction of sp³-hybridized carbons (Fsp3) is 0.0556. The van der Waals surface area contributed by atoms with E-state index in [-0.39, 0.29) is 11.7 Å². The largest absolute Gasteiger partial charge is 0.348 e. The number of hydrogen-bond donors (Lipinski definition) is 2. The Hall–Kier alpha value is -3.88. The van der Waals surface area contributed by atoms with E-state index in [4.69, 9.17) is 0 Å². The van der Waals surface area contributed by atoms with Gasteiger partial charge in [-0.3, -0.25) is 9.89 Å². The first-order valence-corrected chi connectivity index (χ1v) is 8.08. The predicted molar refractivity (Wildman–Crippen MR) is 94.3 cm³/mol. The van der Waals surface area contributed by atoms with E-state index >= 15 is 0 Å². The lowest BCUT2D eigenvalue weighted by Crippen LogP contribution is -2.23. The van der Waals surface area contributed by atoms with E-state index in [1.54, 1.807) is 35.4 Å². The fourth-order valence-corrected chi connectivity index (χ4v) is 2.56. The second kappa shape index (κ2) is 7.16. The number of rotatable bonds is 5. The lowest BCUT2D eigenvalue weighted by molar-refractivity contribution is 0.0951. The standard InChI is InChI=1S/C18H14FN7O/c19-14-4-2-13(3-5-14)17-15(9-23-25-17)18(27)22-8-12-1-6-16(21-7-12)26-11-20-10-24-26/h1-7,9-11H,8H2,(H,22,27)(H,23,25). The number of carbonyl (C=O) groups excluding carboxylic acids is 1. The molecule has 0 fully saturated rings. The summed E-state index contributed by atoms with van der Waals surface area (Å²) in [5.41, 5.74) is 2.43. The van der Waals surface area contributed by atoms with Crippen LogP contribution in [0.4, 0.5) is 4.39 Å². The minimum absolute atomic E-state index is 0.288. The van der Waals surface area contributed by atoms with E-state index in [1.165, 1.54) is 24.7 Å². The number of nitrogens with zero attached hydrogens (tertiary/aromatic N) is 5. The molecular weight excluding hydrogens is 349 g/mol. The Labute approximate surface area is 153 Å². The maximum absolute atomic E-state index is 13.1. The summed E-state index contributed by atoms with van der Waals surface area (Å²) in [5.74, 6) is 0.00513. The molecular formula is C18H14FN7O. The molecule has 0 unspecified atom stereocenters. The first-order chi connectivity index (χ1) is 13.2. The number of hydrogen-bond acceptors (Lipinski definition) is 5. The fourth-order valence-electron chi connectivity index (χ4n) is 2.56. The number of carbonyl (C=O) groups is 1. The summed E-state index contributed by atoms with van der Waals surface area (Å²) < 4.78 is 14.6. The van der Waals surface area contributed by atoms with Crippen molar-refractivity contribution in [1.29, 1.82) is 0 Å². The topological polar surface area (TPSA) is 101 Å². The smallest absolute Gasteiger partial charge is 0.255 e. The van der Waals surface area contributed by atoms with Gasteiger partial charge in [0.25, 0.3) is 5.91 Å². The number of aromatic amines is 1. The summed E-state index contributed by atoms with van der Waals surface area (Å²) >= 11 is 0. The van der Waals surface area contributed by atoms with E-state index in [2.05, 4.69) is 30.6 Å². The number of aromatic nitrogens is 6. The average Bonchev–Trinajstić information content (AvgIpc) is 3.39. The van der Waals surface area contributed by atoms with Gasteiger partial charge in [0.05, 0.1) is 17.5 Å². The molecule has 0 bridgehead atoms. The third-order valence-electron chi connectivity index (χ3n) is 3.93. The molecule has 2 N–H and O–H groups in total. The number of halogens is 1. The van der Waals surface area contributed by atoms with Crippen LogP contribution in [0.25, 0.3) is 17.1 Å². The monoisotopic (exact) mass is 363 g/mol. The summed E-state index contributed by atoms with van der Waals surface area (Å²) in [5, 5.41) is 13.5. The van der Waals surface area contributed by atoms with Gasteiger partial charge in [0.1, 0.15) is 18.5 Å². The van der Waals surface area contributed by atoms with E-state index in [0.29, 0.717) is 29.2 Å². The molecule has 27 heavy (non-hydrogen) atoms. The van der Waals surface area contributed by atoms with Crippen LogP contribution in [0.15, 0.2) is 61.4 Å². The van der Waals surface area contributed by atoms with Gasteiger partial charge in [0.15, 0.2) is 5.82 Å². The summed E-state index contributed by atoms with van der Waals surface area (Å²) in [7, 11) is 0. The molecule has 0 saturated carbocycles. The normalized spacial score (nSPS) is 10.7. The van der Waals surface area contributed by atoms with Crippen molar-refractivity contribution in [2.45, 2.75) is 6.54 Å². The van der Waals surface area contributed by atoms with Crippen LogP contribution in [0.3, 0.4) is 0 Å². The molecule has 0 aliphatic rings. The Balaban J connectivity index is 1.44. The van der Waals surface area contributed by atoms with Crippen LogP contribution in [0.5, 0.6) is 0 Å². The van der Waals surface area contributed by atoms with Crippen molar-refractivity contribution in [3.8, 4) is 17.1 Å². The summed E-state index contributed by atoms with van der Waals surface area (Å²) in [6.45, 7) is 0.303. The van der Waals surface area contributed by atoms with Gasteiger partial charge in [-0.25, -0.2) is 19.0 Å². The van der Waals surface area contributed by atoms with Gasteiger partial charge in [-0.15, -0.1) is 0 Å². The molecule has 0 aliphatic heterocycles. The lowest BCUT2D eigenvalue weighted by atomic mass is 10.1. The Morgan fingerprint density at radius 3 is 2.70 bits per heavy atom. The summed E-state index contributed by atoms with van der Waals surface area (Å²) in [6.07, 6.45) is 6.09. The molecule has 0 spiro atoms. The maximum atomic E-state index is 13.1. The maximum Gasteiger partial charge on any atom is 0.255 e. The van der Waals surface area contributed by atoms with Crippen molar-refractivity contribution in [3.63, 3.8) is 0 Å². The molecule has 1 amide bonds. The Bertz CT molecular complexity index is 1040. The number of benzene rings is 1. The van der Waals surface area contributed by atoms with Crippen LogP contribution in [0, 0.1) is 5.82 Å². The summed E-state index contributed by atoms with van der Waals surface area (Å²) in [6, 6.07) is 9.48. The van der Waals surface area contributed by atoms with Gasteiger partial charge in [-0.1, -0.05) is 6.07 Å². The highest BCUT2D eigenvalue weighted by Gasteiger charge is 2.15. The second-order valence-corrected chi connectivity index (χ2v) is 5.71. The molecule has 8 nitrogen and oxygen atoms in total. The molecule has 3 aromatic heterocycles. The van der Waals surface area contributed by atoms with E-state index in [1.807, 2.05) is 6.07 Å². The van der Waals surface area contributed by atoms with Crippen molar-refractivity contribution in [2.24, 2.45) is 0 Å². The quantitative estimate of drug-likeness (QED) is 0.566. The van der Waals surface area contributed by atoms with Crippen molar-refractivity contribution < 1.29 is 9.18 Å². The highest BCUT2D eigenvalue weighted by molar-refractivity contribution is 5.99. The third kappa shape index (κ3) is 3.56. The van der Waals surface area contributed by atoms with Crippen molar-refractivity contribution >= 4 is 5.91 Å². The summed E-state index contributed by atoms with van der Waals surface area (Å²) in [4.78, 5) is 20.7. The highest BCUT2D eigenvalue weighted by Crippen LogP contribution is 2.21.